The van der Waals surface area contributed by atoms with E-state index in [1.165, 1.54) is 5.56 Å². The largest absolute Gasteiger partial charge is 0.320 e. The topological polar surface area (TPSA) is 64.0 Å². The molecule has 0 spiro atoms. The monoisotopic (exact) mass is 271 g/mol. The van der Waals surface area contributed by atoms with Gasteiger partial charge in [0.2, 0.25) is 0 Å². The fraction of sp³-hybridized carbons (Fsp3) is 0.750. The van der Waals surface area contributed by atoms with Gasteiger partial charge >= 0.3 is 0 Å². The van der Waals surface area contributed by atoms with E-state index in [4.69, 9.17) is 0 Å². The molecule has 0 aromatic carbocycles. The van der Waals surface area contributed by atoms with Crippen LogP contribution < -0.4 is 5.32 Å². The summed E-state index contributed by atoms with van der Waals surface area (Å²) in [5.74, 6) is 0.482. The molecule has 1 atom stereocenters. The molecule has 0 aliphatic carbocycles. The van der Waals surface area contributed by atoms with Crippen LogP contribution in [0.5, 0.6) is 0 Å². The molecule has 1 saturated heterocycles. The van der Waals surface area contributed by atoms with Crippen LogP contribution in [0, 0.1) is 0 Å². The molecule has 2 heterocycles. The van der Waals surface area contributed by atoms with E-state index in [-0.39, 0.29) is 17.0 Å². The lowest BCUT2D eigenvalue weighted by Crippen LogP contribution is -2.31. The first-order valence-corrected chi connectivity index (χ1v) is 8.16. The Morgan fingerprint density at radius 2 is 2.33 bits per heavy atom. The van der Waals surface area contributed by atoms with Gasteiger partial charge in [-0.25, -0.2) is 8.42 Å². The second-order valence-electron chi connectivity index (χ2n) is 5.34. The van der Waals surface area contributed by atoms with E-state index in [1.54, 1.807) is 0 Å². The summed E-state index contributed by atoms with van der Waals surface area (Å²) in [5.41, 5.74) is 0.816. The minimum Gasteiger partial charge on any atom is -0.320 e. The molecule has 1 aliphatic rings. The Morgan fingerprint density at radius 3 is 2.94 bits per heavy atom. The molecule has 1 aliphatic heterocycles. The number of nitrogens with zero attached hydrogens (tertiary/aromatic N) is 2. The maximum Gasteiger partial charge on any atom is 0.152 e. The molecule has 0 saturated carbocycles. The summed E-state index contributed by atoms with van der Waals surface area (Å²) in [4.78, 5) is 0. The van der Waals surface area contributed by atoms with E-state index in [2.05, 4.69) is 10.4 Å². The van der Waals surface area contributed by atoms with Gasteiger partial charge in [-0.3, -0.25) is 4.68 Å². The van der Waals surface area contributed by atoms with Crippen molar-refractivity contribution in [1.82, 2.24) is 15.1 Å². The first-order valence-electron chi connectivity index (χ1n) is 6.34. The summed E-state index contributed by atoms with van der Waals surface area (Å²) in [7, 11) is -0.946. The average molecular weight is 271 g/mol. The molecule has 1 N–H and O–H groups in total. The van der Waals surface area contributed by atoms with Crippen LogP contribution in [0.25, 0.3) is 0 Å². The molecular weight excluding hydrogens is 250 g/mol. The minimum absolute atomic E-state index is 0.206. The van der Waals surface area contributed by atoms with Crippen molar-refractivity contribution in [2.75, 3.05) is 25.1 Å². The van der Waals surface area contributed by atoms with Crippen molar-refractivity contribution < 1.29 is 8.42 Å². The van der Waals surface area contributed by atoms with Crippen molar-refractivity contribution in [3.05, 3.63) is 18.0 Å². The van der Waals surface area contributed by atoms with E-state index in [1.807, 2.05) is 31.0 Å². The quantitative estimate of drug-likeness (QED) is 0.795. The fourth-order valence-corrected chi connectivity index (χ4v) is 4.55. The molecular formula is C12H21N3O2S. The molecule has 2 rings (SSSR count). The molecule has 102 valence electrons. The maximum atomic E-state index is 11.6. The Morgan fingerprint density at radius 1 is 1.56 bits per heavy atom. The van der Waals surface area contributed by atoms with Gasteiger partial charge in [0.15, 0.2) is 9.84 Å². The Balaban J connectivity index is 2.06. The third-order valence-corrected chi connectivity index (χ3v) is 5.45. The highest BCUT2D eigenvalue weighted by Crippen LogP contribution is 2.30. The number of hydrogen-bond acceptors (Lipinski definition) is 4. The number of aromatic nitrogens is 2. The van der Waals surface area contributed by atoms with Crippen molar-refractivity contribution in [2.24, 2.45) is 0 Å². The zero-order chi connectivity index (χ0) is 13.2. The Bertz CT molecular complexity index is 509. The summed E-state index contributed by atoms with van der Waals surface area (Å²) < 4.78 is 25.0. The average Bonchev–Trinajstić information content (AvgIpc) is 2.85. The Kier molecular flexibility index (Phi) is 3.77. The highest BCUT2D eigenvalue weighted by Gasteiger charge is 2.40. The standard InChI is InChI=1S/C12H21N3O2S/c1-12(5-7-18(16,17)10-12)15-9-11(8-14-15)4-3-6-13-2/h8-9,13H,3-7,10H2,1-2H3. The number of rotatable bonds is 5. The number of nitrogens with one attached hydrogen (secondary N) is 1. The van der Waals surface area contributed by atoms with Gasteiger partial charge < -0.3 is 5.32 Å². The normalized spacial score (nSPS) is 26.6. The fourth-order valence-electron chi connectivity index (χ4n) is 2.43. The number of sulfone groups is 1. The SMILES string of the molecule is CNCCCc1cnn(C2(C)CCS(=O)(=O)C2)c1. The van der Waals surface area contributed by atoms with Crippen molar-refractivity contribution in [1.29, 1.82) is 0 Å². The Labute approximate surface area is 108 Å². The molecule has 0 bridgehead atoms. The van der Waals surface area contributed by atoms with Crippen LogP contribution in [0.15, 0.2) is 12.4 Å². The van der Waals surface area contributed by atoms with E-state index in [9.17, 15) is 8.42 Å². The van der Waals surface area contributed by atoms with Gasteiger partial charge in [-0.1, -0.05) is 0 Å². The highest BCUT2D eigenvalue weighted by molar-refractivity contribution is 7.91. The van der Waals surface area contributed by atoms with Crippen molar-refractivity contribution in [3.8, 4) is 0 Å². The predicted molar refractivity (Wildman–Crippen MR) is 71.4 cm³/mol. The third kappa shape index (κ3) is 2.92. The van der Waals surface area contributed by atoms with E-state index in [0.29, 0.717) is 6.42 Å². The zero-order valence-electron chi connectivity index (χ0n) is 11.0. The zero-order valence-corrected chi connectivity index (χ0v) is 11.8. The van der Waals surface area contributed by atoms with Gasteiger partial charge in [-0.15, -0.1) is 0 Å². The smallest absolute Gasteiger partial charge is 0.152 e. The van der Waals surface area contributed by atoms with Crippen LogP contribution in [0.4, 0.5) is 0 Å². The molecule has 0 radical (unpaired) electrons. The summed E-state index contributed by atoms with van der Waals surface area (Å²) >= 11 is 0. The predicted octanol–water partition coefficient (Wildman–Crippen LogP) is 0.569. The van der Waals surface area contributed by atoms with E-state index in [0.717, 1.165) is 19.4 Å². The van der Waals surface area contributed by atoms with Crippen LogP contribution in [0.1, 0.15) is 25.3 Å². The summed E-state index contributed by atoms with van der Waals surface area (Å²) in [6.07, 6.45) is 6.55. The lowest BCUT2D eigenvalue weighted by atomic mass is 10.0. The molecule has 0 amide bonds. The van der Waals surface area contributed by atoms with Crippen molar-refractivity contribution >= 4 is 9.84 Å². The molecule has 1 fully saturated rings. The van der Waals surface area contributed by atoms with Gasteiger partial charge in [0.25, 0.3) is 0 Å². The Hall–Kier alpha value is -0.880. The summed E-state index contributed by atoms with van der Waals surface area (Å²) in [6, 6.07) is 0. The van der Waals surface area contributed by atoms with Gasteiger partial charge in [-0.05, 0) is 45.3 Å². The molecule has 1 unspecified atom stereocenters. The van der Waals surface area contributed by atoms with Crippen molar-refractivity contribution in [2.45, 2.75) is 31.7 Å². The number of aryl methyl sites for hydroxylation is 1. The molecule has 5 nitrogen and oxygen atoms in total. The maximum absolute atomic E-state index is 11.6. The first kappa shape index (κ1) is 13.5. The lowest BCUT2D eigenvalue weighted by molar-refractivity contribution is 0.328. The second kappa shape index (κ2) is 5.01. The summed E-state index contributed by atoms with van der Waals surface area (Å²) in [6.45, 7) is 2.96. The highest BCUT2D eigenvalue weighted by atomic mass is 32.2. The lowest BCUT2D eigenvalue weighted by Gasteiger charge is -2.22. The van der Waals surface area contributed by atoms with Crippen LogP contribution in [-0.4, -0.2) is 43.3 Å². The molecule has 1 aromatic rings. The van der Waals surface area contributed by atoms with Gasteiger partial charge in [0, 0.05) is 6.20 Å². The van der Waals surface area contributed by atoms with Crippen LogP contribution in [0.3, 0.4) is 0 Å². The van der Waals surface area contributed by atoms with Gasteiger partial charge in [-0.2, -0.15) is 5.10 Å². The minimum atomic E-state index is -2.88. The van der Waals surface area contributed by atoms with E-state index < -0.39 is 9.84 Å². The number of hydrogen-bond donors (Lipinski definition) is 1. The van der Waals surface area contributed by atoms with Gasteiger partial charge in [0.05, 0.1) is 23.2 Å². The molecule has 6 heteroatoms. The third-order valence-electron chi connectivity index (χ3n) is 3.56. The molecule has 18 heavy (non-hydrogen) atoms. The van der Waals surface area contributed by atoms with Crippen LogP contribution in [-0.2, 0) is 21.8 Å². The summed E-state index contributed by atoms with van der Waals surface area (Å²) in [5, 5.41) is 7.46. The van der Waals surface area contributed by atoms with E-state index >= 15 is 0 Å². The first-order chi connectivity index (χ1) is 8.45. The van der Waals surface area contributed by atoms with Crippen molar-refractivity contribution in [3.63, 3.8) is 0 Å². The van der Waals surface area contributed by atoms with Crippen LogP contribution >= 0.6 is 0 Å². The van der Waals surface area contributed by atoms with Gasteiger partial charge in [0.1, 0.15) is 0 Å². The second-order valence-corrected chi connectivity index (χ2v) is 7.52. The van der Waals surface area contributed by atoms with Crippen LogP contribution in [0.2, 0.25) is 0 Å². The molecule has 1 aromatic heterocycles.